The molecule has 0 atom stereocenters. The normalized spacial score (nSPS) is 12.9. The highest BCUT2D eigenvalue weighted by Crippen LogP contribution is 2.17. The van der Waals surface area contributed by atoms with Crippen molar-refractivity contribution in [2.45, 2.75) is 32.1 Å². The van der Waals surface area contributed by atoms with E-state index in [1.54, 1.807) is 20.8 Å². The molecular weight excluding hydrogens is 260 g/mol. The van der Waals surface area contributed by atoms with Gasteiger partial charge in [-0.1, -0.05) is 18.2 Å². The molecule has 0 spiro atoms. The van der Waals surface area contributed by atoms with Crippen LogP contribution in [0.2, 0.25) is 0 Å². The molecule has 5 heteroatoms. The number of nitrogen functional groups attached to an aromatic ring is 1. The summed E-state index contributed by atoms with van der Waals surface area (Å²) in [6, 6.07) is 7.65. The van der Waals surface area contributed by atoms with Crippen molar-refractivity contribution in [1.29, 1.82) is 0 Å². The van der Waals surface area contributed by atoms with Gasteiger partial charge in [-0.2, -0.15) is 0 Å². The van der Waals surface area contributed by atoms with Gasteiger partial charge in [0.1, 0.15) is 0 Å². The topological polar surface area (TPSA) is 63.4 Å². The first-order valence-electron chi connectivity index (χ1n) is 6.38. The predicted molar refractivity (Wildman–Crippen MR) is 80.7 cm³/mol. The third-order valence-electron chi connectivity index (χ3n) is 3.17. The van der Waals surface area contributed by atoms with Crippen LogP contribution in [0.5, 0.6) is 0 Å². The molecule has 0 fully saturated rings. The second kappa shape index (κ2) is 5.92. The maximum atomic E-state index is 12.0. The van der Waals surface area contributed by atoms with Crippen molar-refractivity contribution in [3.8, 4) is 0 Å². The van der Waals surface area contributed by atoms with Gasteiger partial charge < -0.3 is 10.6 Å². The standard InChI is InChI=1S/C14H24N2O2S/c1-14(2,3)19(17,18)10-9-16(4)11-12-7-5-6-8-13(12)15/h5-8H,9-11,15H2,1-4H3. The Balaban J connectivity index is 2.59. The molecule has 1 aromatic rings. The van der Waals surface area contributed by atoms with Crippen molar-refractivity contribution >= 4 is 15.5 Å². The highest BCUT2D eigenvalue weighted by atomic mass is 32.2. The molecule has 0 saturated heterocycles. The minimum absolute atomic E-state index is 0.166. The van der Waals surface area contributed by atoms with E-state index in [0.717, 1.165) is 11.3 Å². The Morgan fingerprint density at radius 3 is 2.32 bits per heavy atom. The zero-order chi connectivity index (χ0) is 14.7. The smallest absolute Gasteiger partial charge is 0.156 e. The summed E-state index contributed by atoms with van der Waals surface area (Å²) in [5.41, 5.74) is 7.64. The summed E-state index contributed by atoms with van der Waals surface area (Å²) in [4.78, 5) is 1.98. The van der Waals surface area contributed by atoms with Crippen LogP contribution in [-0.4, -0.2) is 37.4 Å². The number of para-hydroxylation sites is 1. The van der Waals surface area contributed by atoms with Crippen LogP contribution in [0.25, 0.3) is 0 Å². The molecule has 19 heavy (non-hydrogen) atoms. The zero-order valence-corrected chi connectivity index (χ0v) is 13.0. The van der Waals surface area contributed by atoms with Crippen LogP contribution in [0.4, 0.5) is 5.69 Å². The first-order chi connectivity index (χ1) is 8.63. The van der Waals surface area contributed by atoms with Gasteiger partial charge in [0.05, 0.1) is 10.5 Å². The third kappa shape index (κ3) is 4.51. The lowest BCUT2D eigenvalue weighted by Gasteiger charge is -2.22. The molecule has 108 valence electrons. The second-order valence-electron chi connectivity index (χ2n) is 5.87. The van der Waals surface area contributed by atoms with Crippen molar-refractivity contribution in [3.63, 3.8) is 0 Å². The Bertz CT molecular complexity index is 518. The summed E-state index contributed by atoms with van der Waals surface area (Å²) in [5.74, 6) is 0.166. The van der Waals surface area contributed by atoms with Gasteiger partial charge in [-0.05, 0) is 39.4 Å². The average Bonchev–Trinajstić information content (AvgIpc) is 2.28. The molecule has 0 unspecified atom stereocenters. The summed E-state index contributed by atoms with van der Waals surface area (Å²) in [7, 11) is -1.16. The van der Waals surface area contributed by atoms with Crippen molar-refractivity contribution in [2.24, 2.45) is 0 Å². The fourth-order valence-corrected chi connectivity index (χ4v) is 2.79. The summed E-state index contributed by atoms with van der Waals surface area (Å²) >= 11 is 0. The third-order valence-corrected chi connectivity index (χ3v) is 5.76. The lowest BCUT2D eigenvalue weighted by Crippen LogP contribution is -2.35. The van der Waals surface area contributed by atoms with E-state index in [0.29, 0.717) is 13.1 Å². The molecule has 1 aromatic carbocycles. The predicted octanol–water partition coefficient (Wildman–Crippen LogP) is 1.91. The van der Waals surface area contributed by atoms with Gasteiger partial charge in [0, 0.05) is 18.8 Å². The van der Waals surface area contributed by atoms with Gasteiger partial charge in [0.25, 0.3) is 0 Å². The van der Waals surface area contributed by atoms with E-state index in [1.165, 1.54) is 0 Å². The van der Waals surface area contributed by atoms with Crippen LogP contribution < -0.4 is 5.73 Å². The van der Waals surface area contributed by atoms with E-state index in [1.807, 2.05) is 36.2 Å². The van der Waals surface area contributed by atoms with E-state index in [2.05, 4.69) is 0 Å². The Kier molecular flexibility index (Phi) is 4.98. The Labute approximate surface area is 116 Å². The molecule has 2 N–H and O–H groups in total. The number of sulfone groups is 1. The van der Waals surface area contributed by atoms with Gasteiger partial charge in [0.15, 0.2) is 9.84 Å². The largest absolute Gasteiger partial charge is 0.398 e. The van der Waals surface area contributed by atoms with E-state index < -0.39 is 14.6 Å². The Hall–Kier alpha value is -1.07. The summed E-state index contributed by atoms with van der Waals surface area (Å²) < 4.78 is 23.4. The van der Waals surface area contributed by atoms with Crippen molar-refractivity contribution in [2.75, 3.05) is 25.1 Å². The molecule has 0 radical (unpaired) electrons. The van der Waals surface area contributed by atoms with E-state index in [4.69, 9.17) is 5.73 Å². The first kappa shape index (κ1) is 16.0. The van der Waals surface area contributed by atoms with Crippen LogP contribution in [0.1, 0.15) is 26.3 Å². The number of nitrogens with zero attached hydrogens (tertiary/aromatic N) is 1. The fraction of sp³-hybridized carbons (Fsp3) is 0.571. The number of nitrogens with two attached hydrogens (primary N) is 1. The lowest BCUT2D eigenvalue weighted by molar-refractivity contribution is 0.346. The number of rotatable bonds is 5. The van der Waals surface area contributed by atoms with Crippen molar-refractivity contribution in [1.82, 2.24) is 4.90 Å². The van der Waals surface area contributed by atoms with Gasteiger partial charge in [-0.15, -0.1) is 0 Å². The molecule has 0 aliphatic rings. The maximum Gasteiger partial charge on any atom is 0.156 e. The molecule has 0 bridgehead atoms. The highest BCUT2D eigenvalue weighted by Gasteiger charge is 2.28. The molecule has 0 saturated carbocycles. The Morgan fingerprint density at radius 2 is 1.79 bits per heavy atom. The SMILES string of the molecule is CN(CCS(=O)(=O)C(C)(C)C)Cc1ccccc1N. The molecule has 0 aliphatic heterocycles. The molecule has 1 rings (SSSR count). The van der Waals surface area contributed by atoms with Gasteiger partial charge in [-0.25, -0.2) is 8.42 Å². The van der Waals surface area contributed by atoms with Gasteiger partial charge in [-0.3, -0.25) is 0 Å². The average molecular weight is 284 g/mol. The summed E-state index contributed by atoms with van der Waals surface area (Å²) in [5, 5.41) is 0. The van der Waals surface area contributed by atoms with Crippen LogP contribution in [0.15, 0.2) is 24.3 Å². The van der Waals surface area contributed by atoms with E-state index in [9.17, 15) is 8.42 Å². The van der Waals surface area contributed by atoms with E-state index >= 15 is 0 Å². The summed E-state index contributed by atoms with van der Waals surface area (Å²) in [6.07, 6.45) is 0. The van der Waals surface area contributed by atoms with Gasteiger partial charge in [0.2, 0.25) is 0 Å². The highest BCUT2D eigenvalue weighted by molar-refractivity contribution is 7.92. The number of hydrogen-bond acceptors (Lipinski definition) is 4. The number of anilines is 1. The maximum absolute atomic E-state index is 12.0. The van der Waals surface area contributed by atoms with Crippen LogP contribution in [0.3, 0.4) is 0 Å². The molecule has 0 amide bonds. The fourth-order valence-electron chi connectivity index (χ4n) is 1.63. The quantitative estimate of drug-likeness (QED) is 0.839. The van der Waals surface area contributed by atoms with Crippen molar-refractivity contribution < 1.29 is 8.42 Å². The van der Waals surface area contributed by atoms with Gasteiger partial charge >= 0.3 is 0 Å². The van der Waals surface area contributed by atoms with Crippen LogP contribution in [0, 0.1) is 0 Å². The van der Waals surface area contributed by atoms with E-state index in [-0.39, 0.29) is 5.75 Å². The minimum atomic E-state index is -3.07. The number of hydrogen-bond donors (Lipinski definition) is 1. The molecule has 0 aliphatic carbocycles. The lowest BCUT2D eigenvalue weighted by atomic mass is 10.2. The molecular formula is C14H24N2O2S. The minimum Gasteiger partial charge on any atom is -0.398 e. The summed E-state index contributed by atoms with van der Waals surface area (Å²) in [6.45, 7) is 6.37. The Morgan fingerprint density at radius 1 is 1.21 bits per heavy atom. The zero-order valence-electron chi connectivity index (χ0n) is 12.2. The molecule has 0 heterocycles. The molecule has 0 aromatic heterocycles. The monoisotopic (exact) mass is 284 g/mol. The second-order valence-corrected chi connectivity index (χ2v) is 8.73. The molecule has 4 nitrogen and oxygen atoms in total. The van der Waals surface area contributed by atoms with Crippen LogP contribution >= 0.6 is 0 Å². The van der Waals surface area contributed by atoms with Crippen molar-refractivity contribution in [3.05, 3.63) is 29.8 Å². The van der Waals surface area contributed by atoms with Crippen LogP contribution in [-0.2, 0) is 16.4 Å². The number of benzene rings is 1. The first-order valence-corrected chi connectivity index (χ1v) is 8.03.